The second-order valence-corrected chi connectivity index (χ2v) is 2.73. The van der Waals surface area contributed by atoms with E-state index in [-0.39, 0.29) is 0 Å². The minimum absolute atomic E-state index is 0.484. The highest BCUT2D eigenvalue weighted by Crippen LogP contribution is 2.14. The summed E-state index contributed by atoms with van der Waals surface area (Å²) in [6.45, 7) is 1.97. The van der Waals surface area contributed by atoms with E-state index in [1.54, 1.807) is 4.68 Å². The van der Waals surface area contributed by atoms with Crippen LogP contribution in [0.3, 0.4) is 0 Å². The first-order valence-electron chi connectivity index (χ1n) is 4.12. The summed E-state index contributed by atoms with van der Waals surface area (Å²) in [5.74, 6) is 1.12. The van der Waals surface area contributed by atoms with Crippen molar-refractivity contribution in [3.05, 3.63) is 18.2 Å². The summed E-state index contributed by atoms with van der Waals surface area (Å²) in [5.41, 5.74) is 0.717. The molecule has 2 heterocycles. The van der Waals surface area contributed by atoms with E-state index in [1.807, 2.05) is 26.2 Å². The van der Waals surface area contributed by atoms with E-state index in [1.165, 1.54) is 0 Å². The van der Waals surface area contributed by atoms with E-state index in [2.05, 4.69) is 15.3 Å². The molecule has 0 amide bonds. The lowest BCUT2D eigenvalue weighted by molar-refractivity contribution is 0.510. The van der Waals surface area contributed by atoms with Crippen LogP contribution in [-0.4, -0.2) is 20.0 Å². The van der Waals surface area contributed by atoms with Crippen molar-refractivity contribution in [3.8, 4) is 11.6 Å². The van der Waals surface area contributed by atoms with Gasteiger partial charge in [-0.2, -0.15) is 5.10 Å². The monoisotopic (exact) mass is 178 g/mol. The molecule has 13 heavy (non-hydrogen) atoms. The molecule has 0 spiro atoms. The van der Waals surface area contributed by atoms with Gasteiger partial charge in [-0.3, -0.25) is 4.68 Å². The molecule has 0 radical (unpaired) electrons. The van der Waals surface area contributed by atoms with Crippen molar-refractivity contribution in [1.29, 1.82) is 0 Å². The zero-order chi connectivity index (χ0) is 9.26. The molecule has 2 rings (SSSR count). The average Bonchev–Trinajstić information content (AvgIpc) is 2.71. The van der Waals surface area contributed by atoms with E-state index < -0.39 is 0 Å². The maximum atomic E-state index is 5.33. The van der Waals surface area contributed by atoms with Crippen LogP contribution in [0.15, 0.2) is 16.7 Å². The quantitative estimate of drug-likeness (QED) is 0.689. The van der Waals surface area contributed by atoms with Crippen LogP contribution in [0.25, 0.3) is 11.6 Å². The molecule has 0 atom stereocenters. The summed E-state index contributed by atoms with van der Waals surface area (Å²) in [6, 6.07) is 1.84. The smallest absolute Gasteiger partial charge is 0.268 e. The van der Waals surface area contributed by atoms with Gasteiger partial charge in [0.05, 0.1) is 0 Å². The van der Waals surface area contributed by atoms with Crippen LogP contribution in [0.1, 0.15) is 12.8 Å². The normalized spacial score (nSPS) is 10.6. The first-order chi connectivity index (χ1) is 6.29. The zero-order valence-corrected chi connectivity index (χ0v) is 7.56. The van der Waals surface area contributed by atoms with Gasteiger partial charge in [-0.05, 0) is 6.07 Å². The molecule has 5 heteroatoms. The SMILES string of the molecule is CCc1nnc(-c2ccn(C)n2)o1. The van der Waals surface area contributed by atoms with Gasteiger partial charge in [0.1, 0.15) is 5.69 Å². The van der Waals surface area contributed by atoms with Gasteiger partial charge < -0.3 is 4.42 Å². The third-order valence-corrected chi connectivity index (χ3v) is 1.70. The van der Waals surface area contributed by atoms with Crippen molar-refractivity contribution in [2.75, 3.05) is 0 Å². The van der Waals surface area contributed by atoms with E-state index in [0.717, 1.165) is 12.1 Å². The Morgan fingerprint density at radius 3 is 2.85 bits per heavy atom. The lowest BCUT2D eigenvalue weighted by Crippen LogP contribution is -1.87. The molecule has 0 bridgehead atoms. The van der Waals surface area contributed by atoms with Gasteiger partial charge in [-0.25, -0.2) is 0 Å². The lowest BCUT2D eigenvalue weighted by atomic mass is 10.4. The van der Waals surface area contributed by atoms with Crippen LogP contribution in [0.5, 0.6) is 0 Å². The number of nitrogens with zero attached hydrogens (tertiary/aromatic N) is 4. The fourth-order valence-corrected chi connectivity index (χ4v) is 1.03. The number of rotatable bonds is 2. The topological polar surface area (TPSA) is 56.7 Å². The summed E-state index contributed by atoms with van der Waals surface area (Å²) < 4.78 is 7.03. The first-order valence-corrected chi connectivity index (χ1v) is 4.12. The van der Waals surface area contributed by atoms with Crippen LogP contribution in [0.2, 0.25) is 0 Å². The van der Waals surface area contributed by atoms with Gasteiger partial charge in [0, 0.05) is 19.7 Å². The van der Waals surface area contributed by atoms with Crippen molar-refractivity contribution in [2.24, 2.45) is 7.05 Å². The maximum Gasteiger partial charge on any atom is 0.268 e. The highest BCUT2D eigenvalue weighted by Gasteiger charge is 2.08. The molecule has 0 aromatic carbocycles. The van der Waals surface area contributed by atoms with E-state index >= 15 is 0 Å². The van der Waals surface area contributed by atoms with E-state index in [9.17, 15) is 0 Å². The lowest BCUT2D eigenvalue weighted by Gasteiger charge is -1.86. The third kappa shape index (κ3) is 1.44. The Balaban J connectivity index is 2.35. The van der Waals surface area contributed by atoms with Crippen molar-refractivity contribution in [2.45, 2.75) is 13.3 Å². The van der Waals surface area contributed by atoms with Gasteiger partial charge in [-0.1, -0.05) is 6.92 Å². The molecule has 0 aliphatic heterocycles. The van der Waals surface area contributed by atoms with Crippen molar-refractivity contribution >= 4 is 0 Å². The molecule has 68 valence electrons. The van der Waals surface area contributed by atoms with E-state index in [0.29, 0.717) is 11.8 Å². The highest BCUT2D eigenvalue weighted by atomic mass is 16.4. The largest absolute Gasteiger partial charge is 0.419 e. The molecular formula is C8H10N4O. The van der Waals surface area contributed by atoms with Crippen molar-refractivity contribution in [3.63, 3.8) is 0 Å². The molecule has 0 saturated carbocycles. The fraction of sp³-hybridized carbons (Fsp3) is 0.375. The minimum atomic E-state index is 0.484. The molecule has 2 aromatic heterocycles. The van der Waals surface area contributed by atoms with Crippen LogP contribution in [-0.2, 0) is 13.5 Å². The second kappa shape index (κ2) is 3.01. The third-order valence-electron chi connectivity index (χ3n) is 1.70. The van der Waals surface area contributed by atoms with Crippen LogP contribution in [0, 0.1) is 0 Å². The Kier molecular flexibility index (Phi) is 1.84. The molecule has 5 nitrogen and oxygen atoms in total. The average molecular weight is 178 g/mol. The first kappa shape index (κ1) is 7.97. The van der Waals surface area contributed by atoms with Crippen LogP contribution < -0.4 is 0 Å². The van der Waals surface area contributed by atoms with E-state index in [4.69, 9.17) is 4.42 Å². The molecular weight excluding hydrogens is 168 g/mol. The Morgan fingerprint density at radius 2 is 2.31 bits per heavy atom. The highest BCUT2D eigenvalue weighted by molar-refractivity contribution is 5.44. The summed E-state index contributed by atoms with van der Waals surface area (Å²) in [4.78, 5) is 0. The predicted octanol–water partition coefficient (Wildman–Crippen LogP) is 1.03. The van der Waals surface area contributed by atoms with Crippen LogP contribution >= 0.6 is 0 Å². The molecule has 0 unspecified atom stereocenters. The molecule has 0 fully saturated rings. The zero-order valence-electron chi connectivity index (χ0n) is 7.56. The molecule has 2 aromatic rings. The molecule has 0 aliphatic carbocycles. The summed E-state index contributed by atoms with van der Waals surface area (Å²) in [7, 11) is 1.85. The molecule has 0 saturated heterocycles. The molecule has 0 N–H and O–H groups in total. The van der Waals surface area contributed by atoms with Gasteiger partial charge >= 0.3 is 0 Å². The van der Waals surface area contributed by atoms with Crippen molar-refractivity contribution in [1.82, 2.24) is 20.0 Å². The number of aromatic nitrogens is 4. The standard InChI is InChI=1S/C8H10N4O/c1-3-7-9-10-8(13-7)6-4-5-12(2)11-6/h4-5H,3H2,1-2H3. The Labute approximate surface area is 75.4 Å². The van der Waals surface area contributed by atoms with Gasteiger partial charge in [0.2, 0.25) is 5.89 Å². The second-order valence-electron chi connectivity index (χ2n) is 2.73. The Bertz CT molecular complexity index is 404. The summed E-state index contributed by atoms with van der Waals surface area (Å²) in [5, 5.41) is 11.9. The van der Waals surface area contributed by atoms with Crippen LogP contribution in [0.4, 0.5) is 0 Å². The van der Waals surface area contributed by atoms with Gasteiger partial charge in [0.15, 0.2) is 0 Å². The number of hydrogen-bond acceptors (Lipinski definition) is 4. The Morgan fingerprint density at radius 1 is 1.46 bits per heavy atom. The minimum Gasteiger partial charge on any atom is -0.419 e. The summed E-state index contributed by atoms with van der Waals surface area (Å²) >= 11 is 0. The fourth-order valence-electron chi connectivity index (χ4n) is 1.03. The van der Waals surface area contributed by atoms with Gasteiger partial charge in [0.25, 0.3) is 5.89 Å². The van der Waals surface area contributed by atoms with Gasteiger partial charge in [-0.15, -0.1) is 10.2 Å². The summed E-state index contributed by atoms with van der Waals surface area (Å²) in [6.07, 6.45) is 2.59. The molecule has 0 aliphatic rings. The maximum absolute atomic E-state index is 5.33. The van der Waals surface area contributed by atoms with Crippen molar-refractivity contribution < 1.29 is 4.42 Å². The number of aryl methyl sites for hydroxylation is 2. The predicted molar refractivity (Wildman–Crippen MR) is 45.9 cm³/mol. The Hall–Kier alpha value is -1.65. The number of hydrogen-bond donors (Lipinski definition) is 0.